The molecule has 0 aliphatic carbocycles. The molecule has 1 rings (SSSR count). The summed E-state index contributed by atoms with van der Waals surface area (Å²) in [6.07, 6.45) is 0.857. The van der Waals surface area contributed by atoms with Gasteiger partial charge in [0.2, 0.25) is 5.76 Å². The molecule has 0 radical (unpaired) electrons. The maximum Gasteiger partial charge on any atom is 0.373 e. The van der Waals surface area contributed by atoms with E-state index in [9.17, 15) is 19.7 Å². The van der Waals surface area contributed by atoms with Gasteiger partial charge in [0.1, 0.15) is 6.61 Å². The van der Waals surface area contributed by atoms with E-state index < -0.39 is 16.9 Å². The van der Waals surface area contributed by atoms with Crippen molar-refractivity contribution in [2.24, 2.45) is 0 Å². The molecule has 124 valence electrons. The van der Waals surface area contributed by atoms with Gasteiger partial charge in [0.05, 0.1) is 29.8 Å². The molecule has 0 fully saturated rings. The highest BCUT2D eigenvalue weighted by atomic mass is 16.6. The molecule has 8 heteroatoms. The van der Waals surface area contributed by atoms with E-state index in [-0.39, 0.29) is 36.8 Å². The van der Waals surface area contributed by atoms with Crippen LogP contribution >= 0.6 is 0 Å². The molecule has 0 heterocycles. The van der Waals surface area contributed by atoms with Gasteiger partial charge in [0.15, 0.2) is 0 Å². The summed E-state index contributed by atoms with van der Waals surface area (Å²) in [6, 6.07) is 5.93. The van der Waals surface area contributed by atoms with Crippen molar-refractivity contribution in [2.75, 3.05) is 13.2 Å². The topological polar surface area (TPSA) is 105 Å². The van der Waals surface area contributed by atoms with Gasteiger partial charge in [-0.15, -0.1) is 0 Å². The van der Waals surface area contributed by atoms with Gasteiger partial charge in [0, 0.05) is 6.07 Å². The summed E-state index contributed by atoms with van der Waals surface area (Å²) in [5.74, 6) is -1.99. The van der Waals surface area contributed by atoms with Gasteiger partial charge in [-0.25, -0.2) is 9.59 Å². The van der Waals surface area contributed by atoms with Crippen molar-refractivity contribution < 1.29 is 28.7 Å². The predicted molar refractivity (Wildman–Crippen MR) is 79.2 cm³/mol. The van der Waals surface area contributed by atoms with Crippen LogP contribution in [0.25, 0.3) is 0 Å². The molecule has 0 N–H and O–H groups in total. The van der Waals surface area contributed by atoms with Crippen molar-refractivity contribution in [3.8, 4) is 0 Å². The minimum Gasteiger partial charge on any atom is -0.481 e. The van der Waals surface area contributed by atoms with Gasteiger partial charge in [-0.2, -0.15) is 0 Å². The molecule has 0 atom stereocenters. The largest absolute Gasteiger partial charge is 0.481 e. The summed E-state index contributed by atoms with van der Waals surface area (Å²) >= 11 is 0. The SMILES string of the molecule is CCOC(=O)/C=C(/OCc1ccccc1[N+](=O)[O-])C(=O)OCC. The predicted octanol–water partition coefficient (Wildman–Crippen LogP) is 2.12. The van der Waals surface area contributed by atoms with Gasteiger partial charge >= 0.3 is 11.9 Å². The minimum atomic E-state index is -0.848. The molecule has 0 bridgehead atoms. The van der Waals surface area contributed by atoms with Crippen LogP contribution in [0.15, 0.2) is 36.1 Å². The van der Waals surface area contributed by atoms with Crippen LogP contribution in [0.4, 0.5) is 5.69 Å². The Kier molecular flexibility index (Phi) is 7.25. The molecule has 0 spiro atoms. The molecule has 23 heavy (non-hydrogen) atoms. The van der Waals surface area contributed by atoms with E-state index in [2.05, 4.69) is 0 Å². The number of rotatable bonds is 8. The first-order valence-corrected chi connectivity index (χ1v) is 6.90. The molecular formula is C15H17NO7. The number of carbonyl (C=O) groups is 2. The van der Waals surface area contributed by atoms with E-state index in [4.69, 9.17) is 14.2 Å². The van der Waals surface area contributed by atoms with E-state index in [0.717, 1.165) is 6.08 Å². The summed E-state index contributed by atoms with van der Waals surface area (Å²) < 4.78 is 14.7. The zero-order valence-corrected chi connectivity index (χ0v) is 12.8. The molecule has 1 aromatic rings. The Morgan fingerprint density at radius 2 is 1.78 bits per heavy atom. The number of esters is 2. The first-order valence-electron chi connectivity index (χ1n) is 6.90. The maximum absolute atomic E-state index is 11.8. The van der Waals surface area contributed by atoms with Gasteiger partial charge in [-0.1, -0.05) is 12.1 Å². The smallest absolute Gasteiger partial charge is 0.373 e. The molecule has 8 nitrogen and oxygen atoms in total. The van der Waals surface area contributed by atoms with Crippen LogP contribution in [0.3, 0.4) is 0 Å². The summed E-state index contributed by atoms with van der Waals surface area (Å²) in [5, 5.41) is 10.9. The number of ether oxygens (including phenoxy) is 3. The Labute approximate surface area is 132 Å². The Bertz CT molecular complexity index is 610. The molecule has 0 aliphatic rings. The van der Waals surface area contributed by atoms with Crippen LogP contribution in [0.2, 0.25) is 0 Å². The number of nitro groups is 1. The van der Waals surface area contributed by atoms with E-state index >= 15 is 0 Å². The summed E-state index contributed by atoms with van der Waals surface area (Å²) in [5.41, 5.74) is 0.114. The second kappa shape index (κ2) is 9.19. The quantitative estimate of drug-likeness (QED) is 0.237. The van der Waals surface area contributed by atoms with Gasteiger partial charge in [-0.05, 0) is 19.9 Å². The third kappa shape index (κ3) is 5.77. The molecule has 0 saturated heterocycles. The number of nitro benzene ring substituents is 1. The lowest BCUT2D eigenvalue weighted by Gasteiger charge is -2.10. The molecular weight excluding hydrogens is 306 g/mol. The molecule has 0 unspecified atom stereocenters. The average molecular weight is 323 g/mol. The lowest BCUT2D eigenvalue weighted by atomic mass is 10.2. The van der Waals surface area contributed by atoms with Crippen LogP contribution in [-0.4, -0.2) is 30.1 Å². The van der Waals surface area contributed by atoms with Crippen molar-refractivity contribution in [1.29, 1.82) is 0 Å². The fourth-order valence-corrected chi connectivity index (χ4v) is 1.62. The lowest BCUT2D eigenvalue weighted by Crippen LogP contribution is -2.14. The van der Waals surface area contributed by atoms with Gasteiger partial charge in [0.25, 0.3) is 5.69 Å². The lowest BCUT2D eigenvalue weighted by molar-refractivity contribution is -0.385. The monoisotopic (exact) mass is 323 g/mol. The van der Waals surface area contributed by atoms with Crippen molar-refractivity contribution >= 4 is 17.6 Å². The Hall–Kier alpha value is -2.90. The highest BCUT2D eigenvalue weighted by Gasteiger charge is 2.18. The number of benzene rings is 1. The number of hydrogen-bond acceptors (Lipinski definition) is 7. The molecule has 1 aromatic carbocycles. The zero-order chi connectivity index (χ0) is 17.2. The van der Waals surface area contributed by atoms with Crippen LogP contribution in [0.1, 0.15) is 19.4 Å². The van der Waals surface area contributed by atoms with Crippen LogP contribution in [0.5, 0.6) is 0 Å². The average Bonchev–Trinajstić information content (AvgIpc) is 2.52. The highest BCUT2D eigenvalue weighted by Crippen LogP contribution is 2.19. The number of carbonyl (C=O) groups excluding carboxylic acids is 2. The highest BCUT2D eigenvalue weighted by molar-refractivity contribution is 5.94. The first-order chi connectivity index (χ1) is 11.0. The fourth-order valence-electron chi connectivity index (χ4n) is 1.62. The molecule has 0 saturated carbocycles. The fraction of sp³-hybridized carbons (Fsp3) is 0.333. The standard InChI is InChI=1S/C15H17NO7/c1-3-21-14(17)9-13(15(18)22-4-2)23-10-11-7-5-6-8-12(11)16(19)20/h5-9H,3-4,10H2,1-2H3/b13-9+. The molecule has 0 amide bonds. The van der Waals surface area contributed by atoms with Crippen LogP contribution in [0, 0.1) is 10.1 Å². The van der Waals surface area contributed by atoms with E-state index in [1.165, 1.54) is 18.2 Å². The van der Waals surface area contributed by atoms with Crippen molar-refractivity contribution in [3.63, 3.8) is 0 Å². The van der Waals surface area contributed by atoms with Gasteiger partial charge in [-0.3, -0.25) is 10.1 Å². The van der Waals surface area contributed by atoms with Crippen molar-refractivity contribution in [3.05, 3.63) is 51.8 Å². The van der Waals surface area contributed by atoms with Crippen molar-refractivity contribution in [1.82, 2.24) is 0 Å². The Morgan fingerprint density at radius 1 is 1.13 bits per heavy atom. The minimum absolute atomic E-state index is 0.0911. The zero-order valence-electron chi connectivity index (χ0n) is 12.8. The third-order valence-corrected chi connectivity index (χ3v) is 2.58. The summed E-state index contributed by atoms with van der Waals surface area (Å²) in [7, 11) is 0. The summed E-state index contributed by atoms with van der Waals surface area (Å²) in [4.78, 5) is 33.6. The number of hydrogen-bond donors (Lipinski definition) is 0. The van der Waals surface area contributed by atoms with Crippen LogP contribution < -0.4 is 0 Å². The Balaban J connectivity index is 2.92. The van der Waals surface area contributed by atoms with Gasteiger partial charge < -0.3 is 14.2 Å². The third-order valence-electron chi connectivity index (χ3n) is 2.58. The summed E-state index contributed by atoms with van der Waals surface area (Å²) in [6.45, 7) is 3.18. The van der Waals surface area contributed by atoms with E-state index in [1.54, 1.807) is 19.9 Å². The first kappa shape index (κ1) is 18.1. The normalized spacial score (nSPS) is 10.8. The molecule has 0 aromatic heterocycles. The van der Waals surface area contributed by atoms with E-state index in [1.807, 2.05) is 0 Å². The molecule has 0 aliphatic heterocycles. The second-order valence-electron chi connectivity index (χ2n) is 4.16. The van der Waals surface area contributed by atoms with Crippen LogP contribution in [-0.2, 0) is 30.4 Å². The number of nitrogens with zero attached hydrogens (tertiary/aromatic N) is 1. The van der Waals surface area contributed by atoms with Crippen molar-refractivity contribution in [2.45, 2.75) is 20.5 Å². The second-order valence-corrected chi connectivity index (χ2v) is 4.16. The number of para-hydroxylation sites is 1. The maximum atomic E-state index is 11.8. The van der Waals surface area contributed by atoms with E-state index in [0.29, 0.717) is 0 Å². The Morgan fingerprint density at radius 3 is 2.39 bits per heavy atom.